The standard InChI is InChI=1S/C18H18FNO/c1-13-9-10-16(19)15(12-13)18(21)20-11-5-8-17(20)14-6-3-2-4-7-14/h2-4,6-7,9-10,12,17H,5,8,11H2,1H3. The molecule has 1 unspecified atom stereocenters. The Morgan fingerprint density at radius 3 is 2.71 bits per heavy atom. The van der Waals surface area contributed by atoms with Crippen LogP contribution in [0, 0.1) is 12.7 Å². The first-order valence-electron chi connectivity index (χ1n) is 7.29. The van der Waals surface area contributed by atoms with Crippen molar-refractivity contribution in [3.05, 3.63) is 71.0 Å². The van der Waals surface area contributed by atoms with Crippen molar-refractivity contribution in [1.82, 2.24) is 4.90 Å². The minimum Gasteiger partial charge on any atom is -0.332 e. The molecule has 1 aliphatic rings. The molecule has 2 aromatic carbocycles. The van der Waals surface area contributed by atoms with Gasteiger partial charge >= 0.3 is 0 Å². The molecule has 0 saturated carbocycles. The van der Waals surface area contributed by atoms with Gasteiger partial charge in [-0.1, -0.05) is 42.0 Å². The molecule has 1 aliphatic heterocycles. The maximum atomic E-state index is 14.0. The zero-order chi connectivity index (χ0) is 14.8. The lowest BCUT2D eigenvalue weighted by Gasteiger charge is -2.25. The number of rotatable bonds is 2. The fourth-order valence-corrected chi connectivity index (χ4v) is 2.99. The molecule has 1 fully saturated rings. The molecule has 2 nitrogen and oxygen atoms in total. The zero-order valence-electron chi connectivity index (χ0n) is 12.1. The molecule has 0 bridgehead atoms. The third kappa shape index (κ3) is 2.68. The van der Waals surface area contributed by atoms with E-state index >= 15 is 0 Å². The van der Waals surface area contributed by atoms with E-state index in [0.717, 1.165) is 24.0 Å². The van der Waals surface area contributed by atoms with Crippen molar-refractivity contribution >= 4 is 5.91 Å². The molecule has 0 aliphatic carbocycles. The van der Waals surface area contributed by atoms with E-state index in [-0.39, 0.29) is 17.5 Å². The molecule has 3 heteroatoms. The minimum absolute atomic E-state index is 0.0543. The monoisotopic (exact) mass is 283 g/mol. The Bertz CT molecular complexity index is 654. The summed E-state index contributed by atoms with van der Waals surface area (Å²) in [6.07, 6.45) is 1.89. The summed E-state index contributed by atoms with van der Waals surface area (Å²) >= 11 is 0. The van der Waals surface area contributed by atoms with E-state index in [1.54, 1.807) is 17.0 Å². The van der Waals surface area contributed by atoms with Crippen LogP contribution in [0.4, 0.5) is 4.39 Å². The summed E-state index contributed by atoms with van der Waals surface area (Å²) in [6.45, 7) is 2.56. The van der Waals surface area contributed by atoms with Crippen LogP contribution in [-0.4, -0.2) is 17.4 Å². The lowest BCUT2D eigenvalue weighted by atomic mass is 10.0. The average Bonchev–Trinajstić information content (AvgIpc) is 2.99. The fraction of sp³-hybridized carbons (Fsp3) is 0.278. The van der Waals surface area contributed by atoms with E-state index in [0.29, 0.717) is 6.54 Å². The maximum Gasteiger partial charge on any atom is 0.257 e. The van der Waals surface area contributed by atoms with E-state index in [1.165, 1.54) is 6.07 Å². The van der Waals surface area contributed by atoms with Crippen LogP contribution in [0.3, 0.4) is 0 Å². The second kappa shape index (κ2) is 5.68. The first-order chi connectivity index (χ1) is 10.2. The maximum absolute atomic E-state index is 14.0. The van der Waals surface area contributed by atoms with Gasteiger partial charge in [-0.15, -0.1) is 0 Å². The van der Waals surface area contributed by atoms with Crippen molar-refractivity contribution in [3.63, 3.8) is 0 Å². The topological polar surface area (TPSA) is 20.3 Å². The molecule has 0 radical (unpaired) electrons. The molecule has 1 amide bonds. The van der Waals surface area contributed by atoms with E-state index < -0.39 is 5.82 Å². The normalized spacial score (nSPS) is 18.0. The molecule has 0 aromatic heterocycles. The Morgan fingerprint density at radius 2 is 1.95 bits per heavy atom. The molecule has 0 N–H and O–H groups in total. The Labute approximate surface area is 124 Å². The van der Waals surface area contributed by atoms with Crippen molar-refractivity contribution in [3.8, 4) is 0 Å². The number of carbonyl (C=O) groups excluding carboxylic acids is 1. The highest BCUT2D eigenvalue weighted by Crippen LogP contribution is 2.33. The molecule has 21 heavy (non-hydrogen) atoms. The lowest BCUT2D eigenvalue weighted by Crippen LogP contribution is -2.31. The van der Waals surface area contributed by atoms with E-state index in [9.17, 15) is 9.18 Å². The summed E-state index contributed by atoms with van der Waals surface area (Å²) < 4.78 is 14.0. The summed E-state index contributed by atoms with van der Waals surface area (Å²) in [6, 6.07) is 14.7. The van der Waals surface area contributed by atoms with Gasteiger partial charge in [0.15, 0.2) is 0 Å². The first kappa shape index (κ1) is 13.8. The van der Waals surface area contributed by atoms with Crippen molar-refractivity contribution in [2.45, 2.75) is 25.8 Å². The number of nitrogens with zero attached hydrogens (tertiary/aromatic N) is 1. The van der Waals surface area contributed by atoms with Gasteiger partial charge in [0.2, 0.25) is 0 Å². The number of amides is 1. The van der Waals surface area contributed by atoms with Crippen LogP contribution in [0.2, 0.25) is 0 Å². The van der Waals surface area contributed by atoms with Gasteiger partial charge in [-0.3, -0.25) is 4.79 Å². The smallest absolute Gasteiger partial charge is 0.257 e. The molecule has 108 valence electrons. The molecule has 1 saturated heterocycles. The summed E-state index contributed by atoms with van der Waals surface area (Å²) in [5, 5.41) is 0. The number of halogens is 1. The van der Waals surface area contributed by atoms with Crippen molar-refractivity contribution < 1.29 is 9.18 Å². The molecule has 2 aromatic rings. The van der Waals surface area contributed by atoms with Crippen LogP contribution >= 0.6 is 0 Å². The highest BCUT2D eigenvalue weighted by Gasteiger charge is 2.31. The number of benzene rings is 2. The quantitative estimate of drug-likeness (QED) is 0.812. The first-order valence-corrected chi connectivity index (χ1v) is 7.29. The van der Waals surface area contributed by atoms with Crippen LogP contribution in [0.15, 0.2) is 48.5 Å². The summed E-state index contributed by atoms with van der Waals surface area (Å²) in [4.78, 5) is 14.5. The molecule has 1 atom stereocenters. The lowest BCUT2D eigenvalue weighted by molar-refractivity contribution is 0.0731. The summed E-state index contributed by atoms with van der Waals surface area (Å²) in [5.41, 5.74) is 2.20. The number of hydrogen-bond acceptors (Lipinski definition) is 1. The molecular weight excluding hydrogens is 265 g/mol. The van der Waals surface area contributed by atoms with Crippen molar-refractivity contribution in [1.29, 1.82) is 0 Å². The Kier molecular flexibility index (Phi) is 3.74. The van der Waals surface area contributed by atoms with Gasteiger partial charge in [0.1, 0.15) is 5.82 Å². The van der Waals surface area contributed by atoms with Gasteiger partial charge in [0.05, 0.1) is 11.6 Å². The van der Waals surface area contributed by atoms with Crippen LogP contribution < -0.4 is 0 Å². The van der Waals surface area contributed by atoms with Gasteiger partial charge in [-0.2, -0.15) is 0 Å². The highest BCUT2D eigenvalue weighted by molar-refractivity contribution is 5.95. The highest BCUT2D eigenvalue weighted by atomic mass is 19.1. The van der Waals surface area contributed by atoms with E-state index in [4.69, 9.17) is 0 Å². The second-order valence-corrected chi connectivity index (χ2v) is 5.55. The fourth-order valence-electron chi connectivity index (χ4n) is 2.99. The predicted molar refractivity (Wildman–Crippen MR) is 80.6 cm³/mol. The molecule has 0 spiro atoms. The van der Waals surface area contributed by atoms with Gasteiger partial charge in [0, 0.05) is 6.54 Å². The summed E-state index contributed by atoms with van der Waals surface area (Å²) in [7, 11) is 0. The molecular formula is C18H18FNO. The third-order valence-corrected chi connectivity index (χ3v) is 4.05. The predicted octanol–water partition coefficient (Wildman–Crippen LogP) is 4.11. The number of carbonyl (C=O) groups is 1. The largest absolute Gasteiger partial charge is 0.332 e. The van der Waals surface area contributed by atoms with Gasteiger partial charge in [-0.25, -0.2) is 4.39 Å². The van der Waals surface area contributed by atoms with Crippen LogP contribution in [0.5, 0.6) is 0 Å². The van der Waals surface area contributed by atoms with Crippen LogP contribution in [0.25, 0.3) is 0 Å². The number of likely N-dealkylation sites (tertiary alicyclic amines) is 1. The Morgan fingerprint density at radius 1 is 1.19 bits per heavy atom. The zero-order valence-corrected chi connectivity index (χ0v) is 12.1. The number of aryl methyl sites for hydroxylation is 1. The van der Waals surface area contributed by atoms with Crippen LogP contribution in [0.1, 0.15) is 40.4 Å². The Balaban J connectivity index is 1.92. The van der Waals surface area contributed by atoms with E-state index in [2.05, 4.69) is 0 Å². The molecule has 3 rings (SSSR count). The molecule has 1 heterocycles. The average molecular weight is 283 g/mol. The Hall–Kier alpha value is -2.16. The number of hydrogen-bond donors (Lipinski definition) is 0. The van der Waals surface area contributed by atoms with Gasteiger partial charge < -0.3 is 4.90 Å². The van der Waals surface area contributed by atoms with Gasteiger partial charge in [-0.05, 0) is 37.5 Å². The van der Waals surface area contributed by atoms with Crippen molar-refractivity contribution in [2.75, 3.05) is 6.54 Å². The van der Waals surface area contributed by atoms with Crippen LogP contribution in [-0.2, 0) is 0 Å². The minimum atomic E-state index is -0.440. The van der Waals surface area contributed by atoms with Gasteiger partial charge in [0.25, 0.3) is 5.91 Å². The second-order valence-electron chi connectivity index (χ2n) is 5.55. The van der Waals surface area contributed by atoms with E-state index in [1.807, 2.05) is 37.3 Å². The summed E-state index contributed by atoms with van der Waals surface area (Å²) in [5.74, 6) is -0.646. The van der Waals surface area contributed by atoms with Crippen molar-refractivity contribution in [2.24, 2.45) is 0 Å². The third-order valence-electron chi connectivity index (χ3n) is 4.05. The SMILES string of the molecule is Cc1ccc(F)c(C(=O)N2CCCC2c2ccccc2)c1.